The maximum Gasteiger partial charge on any atom is 0.144 e. The van der Waals surface area contributed by atoms with E-state index in [1.165, 1.54) is 14.2 Å². The van der Waals surface area contributed by atoms with Gasteiger partial charge in [-0.05, 0) is 48.2 Å². The molecule has 0 bridgehead atoms. The van der Waals surface area contributed by atoms with Gasteiger partial charge in [0.2, 0.25) is 0 Å². The van der Waals surface area contributed by atoms with Crippen molar-refractivity contribution in [3.63, 3.8) is 0 Å². The van der Waals surface area contributed by atoms with E-state index >= 15 is 0 Å². The number of aliphatic hydroxyl groups excluding tert-OH is 3. The molecule has 0 aromatic heterocycles. The molecule has 1 saturated heterocycles. The van der Waals surface area contributed by atoms with Crippen LogP contribution >= 0.6 is 11.6 Å². The molecule has 2 unspecified atom stereocenters. The molecule has 2 aromatic rings. The number of aliphatic hydroxyl groups is 3. The highest BCUT2D eigenvalue weighted by Gasteiger charge is 2.54. The Morgan fingerprint density at radius 2 is 1.62 bits per heavy atom. The number of halogens is 1. The summed E-state index contributed by atoms with van der Waals surface area (Å²) in [7, 11) is 2.94. The Hall–Kier alpha value is -1.71. The summed E-state index contributed by atoms with van der Waals surface area (Å²) in [6.45, 7) is 2.50. The molecule has 8 heteroatoms. The molecule has 0 amide bonds. The van der Waals surface area contributed by atoms with Gasteiger partial charge in [-0.25, -0.2) is 0 Å². The van der Waals surface area contributed by atoms with Gasteiger partial charge in [0.25, 0.3) is 0 Å². The van der Waals surface area contributed by atoms with Crippen LogP contribution in [-0.4, -0.2) is 73.3 Å². The first-order valence-corrected chi connectivity index (χ1v) is 10.9. The van der Waals surface area contributed by atoms with E-state index in [1.54, 1.807) is 12.1 Å². The summed E-state index contributed by atoms with van der Waals surface area (Å²) in [5.41, 5.74) is 1.18. The summed E-state index contributed by atoms with van der Waals surface area (Å²) in [6.07, 6.45) is -4.51. The molecule has 1 heterocycles. The van der Waals surface area contributed by atoms with Crippen molar-refractivity contribution in [2.24, 2.45) is 0 Å². The third-order valence-corrected chi connectivity index (χ3v) is 6.06. The van der Waals surface area contributed by atoms with Crippen molar-refractivity contribution in [2.75, 3.05) is 34.0 Å². The topological polar surface area (TPSA) is 97.6 Å². The molecule has 0 aliphatic carbocycles. The van der Waals surface area contributed by atoms with Gasteiger partial charge < -0.3 is 34.3 Å². The number of rotatable bonds is 9. The standard InChI is InChI=1S/C24H31ClO7/c1-4-31-18-8-5-15(6-9-18)11-17-12-16(7-10-19(17)25)22-20(26)21(27)23(28)24(32-22,13-29-2)14-30-3/h5-10,12,20-23,26-28H,4,11,13-14H2,1-3H3/t20-,21?,22+,23?/m1/s1. The van der Waals surface area contributed by atoms with E-state index in [0.29, 0.717) is 23.6 Å². The number of methoxy groups -OCH3 is 2. The number of benzene rings is 2. The monoisotopic (exact) mass is 466 g/mol. The first kappa shape index (κ1) is 24.9. The van der Waals surface area contributed by atoms with E-state index in [0.717, 1.165) is 16.9 Å². The van der Waals surface area contributed by atoms with Crippen LogP contribution in [0.25, 0.3) is 0 Å². The molecule has 1 fully saturated rings. The fourth-order valence-electron chi connectivity index (χ4n) is 4.10. The van der Waals surface area contributed by atoms with Crippen molar-refractivity contribution >= 4 is 11.6 Å². The molecule has 0 saturated carbocycles. The van der Waals surface area contributed by atoms with Crippen LogP contribution in [-0.2, 0) is 20.6 Å². The van der Waals surface area contributed by atoms with Gasteiger partial charge in [0.05, 0.1) is 19.8 Å². The van der Waals surface area contributed by atoms with Crippen LogP contribution in [0.3, 0.4) is 0 Å². The summed E-state index contributed by atoms with van der Waals surface area (Å²) >= 11 is 6.45. The van der Waals surface area contributed by atoms with Crippen LogP contribution in [0.15, 0.2) is 42.5 Å². The van der Waals surface area contributed by atoms with E-state index in [4.69, 9.17) is 30.5 Å². The third kappa shape index (κ3) is 5.26. The van der Waals surface area contributed by atoms with Crippen molar-refractivity contribution in [3.05, 3.63) is 64.2 Å². The van der Waals surface area contributed by atoms with Gasteiger partial charge in [0.15, 0.2) is 0 Å². The Bertz CT molecular complexity index is 867. The average Bonchev–Trinajstić information content (AvgIpc) is 2.78. The van der Waals surface area contributed by atoms with Gasteiger partial charge in [-0.1, -0.05) is 35.9 Å². The quantitative estimate of drug-likeness (QED) is 0.522. The second-order valence-corrected chi connectivity index (χ2v) is 8.41. The smallest absolute Gasteiger partial charge is 0.144 e. The zero-order valence-electron chi connectivity index (χ0n) is 18.5. The lowest BCUT2D eigenvalue weighted by molar-refractivity contribution is -0.292. The number of ether oxygens (including phenoxy) is 4. The van der Waals surface area contributed by atoms with Gasteiger partial charge in [0.1, 0.15) is 35.8 Å². The molecule has 32 heavy (non-hydrogen) atoms. The molecule has 4 atom stereocenters. The van der Waals surface area contributed by atoms with E-state index < -0.39 is 30.0 Å². The summed E-state index contributed by atoms with van der Waals surface area (Å²) in [6, 6.07) is 13.1. The summed E-state index contributed by atoms with van der Waals surface area (Å²) < 4.78 is 22.1. The molecule has 1 aliphatic rings. The molecule has 176 valence electrons. The fourth-order valence-corrected chi connectivity index (χ4v) is 4.29. The molecular formula is C24H31ClO7. The maximum atomic E-state index is 10.7. The van der Waals surface area contributed by atoms with Crippen LogP contribution in [0.1, 0.15) is 29.7 Å². The lowest BCUT2D eigenvalue weighted by Crippen LogP contribution is -2.65. The Labute approximate surface area is 193 Å². The highest BCUT2D eigenvalue weighted by Crippen LogP contribution is 2.39. The van der Waals surface area contributed by atoms with Gasteiger partial charge in [-0.2, -0.15) is 0 Å². The summed E-state index contributed by atoms with van der Waals surface area (Å²) in [5, 5.41) is 32.5. The predicted molar refractivity (Wildman–Crippen MR) is 120 cm³/mol. The van der Waals surface area contributed by atoms with Crippen LogP contribution in [0, 0.1) is 0 Å². The first-order valence-electron chi connectivity index (χ1n) is 10.5. The van der Waals surface area contributed by atoms with Gasteiger partial charge in [-0.15, -0.1) is 0 Å². The van der Waals surface area contributed by atoms with Crippen LogP contribution < -0.4 is 4.74 Å². The molecule has 2 aromatic carbocycles. The minimum Gasteiger partial charge on any atom is -0.494 e. The van der Waals surface area contributed by atoms with Crippen LogP contribution in [0.5, 0.6) is 5.75 Å². The Kier molecular flexibility index (Phi) is 8.52. The van der Waals surface area contributed by atoms with Crippen molar-refractivity contribution in [1.29, 1.82) is 0 Å². The van der Waals surface area contributed by atoms with Crippen LogP contribution in [0.4, 0.5) is 0 Å². The predicted octanol–water partition coefficient (Wildman–Crippen LogP) is 2.52. The summed E-state index contributed by atoms with van der Waals surface area (Å²) in [5.74, 6) is 0.801. The van der Waals surface area contributed by atoms with Crippen molar-refractivity contribution in [2.45, 2.75) is 43.4 Å². The molecular weight excluding hydrogens is 436 g/mol. The number of hydrogen-bond donors (Lipinski definition) is 3. The highest BCUT2D eigenvalue weighted by atomic mass is 35.5. The molecule has 7 nitrogen and oxygen atoms in total. The van der Waals surface area contributed by atoms with E-state index in [9.17, 15) is 15.3 Å². The van der Waals surface area contributed by atoms with Crippen molar-refractivity contribution in [3.8, 4) is 5.75 Å². The Balaban J connectivity index is 1.89. The van der Waals surface area contributed by atoms with E-state index in [1.807, 2.05) is 37.3 Å². The van der Waals surface area contributed by atoms with E-state index in [2.05, 4.69) is 0 Å². The minimum atomic E-state index is -1.44. The normalized spacial score (nSPS) is 25.0. The minimum absolute atomic E-state index is 0.0189. The highest BCUT2D eigenvalue weighted by molar-refractivity contribution is 6.31. The molecule has 3 rings (SSSR count). The van der Waals surface area contributed by atoms with Crippen molar-refractivity contribution < 1.29 is 34.3 Å². The Morgan fingerprint density at radius 1 is 0.969 bits per heavy atom. The fraction of sp³-hybridized carbons (Fsp3) is 0.500. The molecule has 0 radical (unpaired) electrons. The molecule has 1 aliphatic heterocycles. The maximum absolute atomic E-state index is 10.7. The number of hydrogen-bond acceptors (Lipinski definition) is 7. The van der Waals surface area contributed by atoms with Gasteiger partial charge in [0, 0.05) is 19.2 Å². The first-order chi connectivity index (χ1) is 15.3. The van der Waals surface area contributed by atoms with Gasteiger partial charge in [-0.3, -0.25) is 0 Å². The SMILES string of the molecule is CCOc1ccc(Cc2cc([C@@H]3OC(COC)(COC)C(O)C(O)[C@H]3O)ccc2Cl)cc1. The second-order valence-electron chi connectivity index (χ2n) is 8.00. The lowest BCUT2D eigenvalue weighted by Gasteiger charge is -2.48. The van der Waals surface area contributed by atoms with E-state index in [-0.39, 0.29) is 13.2 Å². The Morgan fingerprint density at radius 3 is 2.22 bits per heavy atom. The average molecular weight is 467 g/mol. The van der Waals surface area contributed by atoms with Crippen molar-refractivity contribution in [1.82, 2.24) is 0 Å². The lowest BCUT2D eigenvalue weighted by atomic mass is 9.83. The zero-order valence-corrected chi connectivity index (χ0v) is 19.3. The third-order valence-electron chi connectivity index (χ3n) is 5.69. The molecule has 0 spiro atoms. The van der Waals surface area contributed by atoms with Crippen LogP contribution in [0.2, 0.25) is 5.02 Å². The van der Waals surface area contributed by atoms with Gasteiger partial charge >= 0.3 is 0 Å². The second kappa shape index (κ2) is 10.9. The largest absolute Gasteiger partial charge is 0.494 e. The zero-order chi connectivity index (χ0) is 23.3. The molecule has 3 N–H and O–H groups in total. The summed E-state index contributed by atoms with van der Waals surface area (Å²) in [4.78, 5) is 0.